The molecule has 1 atom stereocenters. The van der Waals surface area contributed by atoms with Crippen molar-refractivity contribution in [3.05, 3.63) is 52.6 Å². The van der Waals surface area contributed by atoms with Crippen molar-refractivity contribution in [2.24, 2.45) is 7.05 Å². The molecule has 0 spiro atoms. The highest BCUT2D eigenvalue weighted by Crippen LogP contribution is 2.33. The molecule has 0 N–H and O–H groups in total. The number of thiazole rings is 1. The largest absolute Gasteiger partial charge is 0.351 e. The number of aromatic nitrogens is 2. The molecule has 1 saturated heterocycles. The van der Waals surface area contributed by atoms with Crippen LogP contribution in [-0.2, 0) is 13.6 Å². The molecule has 0 aliphatic carbocycles. The molecule has 1 fully saturated rings. The molecule has 3 nitrogen and oxygen atoms in total. The fourth-order valence-corrected chi connectivity index (χ4v) is 4.33. The Morgan fingerprint density at radius 1 is 1.27 bits per heavy atom. The molecule has 3 heterocycles. The van der Waals surface area contributed by atoms with E-state index in [1.54, 1.807) is 11.3 Å². The first-order valence-corrected chi connectivity index (χ1v) is 8.86. The van der Waals surface area contributed by atoms with Crippen LogP contribution in [0.15, 0.2) is 42.0 Å². The zero-order chi connectivity index (χ0) is 14.9. The van der Waals surface area contributed by atoms with Crippen molar-refractivity contribution in [1.82, 2.24) is 14.5 Å². The van der Waals surface area contributed by atoms with Crippen LogP contribution in [-0.4, -0.2) is 21.0 Å². The predicted molar refractivity (Wildman–Crippen MR) is 92.0 cm³/mol. The Labute approximate surface area is 135 Å². The lowest BCUT2D eigenvalue weighted by atomic mass is 10.0. The van der Waals surface area contributed by atoms with Gasteiger partial charge in [-0.1, -0.05) is 12.5 Å². The van der Waals surface area contributed by atoms with Crippen molar-refractivity contribution in [1.29, 1.82) is 0 Å². The van der Waals surface area contributed by atoms with E-state index in [0.717, 1.165) is 6.54 Å². The van der Waals surface area contributed by atoms with Crippen LogP contribution in [0.25, 0.3) is 10.9 Å². The Kier molecular flexibility index (Phi) is 3.72. The van der Waals surface area contributed by atoms with Crippen molar-refractivity contribution in [2.75, 3.05) is 6.54 Å². The normalized spacial score (nSPS) is 19.8. The van der Waals surface area contributed by atoms with E-state index < -0.39 is 0 Å². The third-order valence-corrected chi connectivity index (χ3v) is 5.56. The molecule has 4 heteroatoms. The number of hydrogen-bond donors (Lipinski definition) is 0. The van der Waals surface area contributed by atoms with Crippen molar-refractivity contribution in [3.63, 3.8) is 0 Å². The quantitative estimate of drug-likeness (QED) is 0.716. The fraction of sp³-hybridized carbons (Fsp3) is 0.389. The van der Waals surface area contributed by atoms with E-state index >= 15 is 0 Å². The van der Waals surface area contributed by atoms with E-state index in [-0.39, 0.29) is 0 Å². The van der Waals surface area contributed by atoms with Gasteiger partial charge in [-0.05, 0) is 48.5 Å². The second kappa shape index (κ2) is 5.86. The standard InChI is InChI=1S/C18H21N3S/c1-20-10-7-15-12-14(5-6-16(15)20)13-21-9-3-2-4-17(21)18-19-8-11-22-18/h5-8,10-12,17H,2-4,9,13H2,1H3. The van der Waals surface area contributed by atoms with Gasteiger partial charge in [0.15, 0.2) is 0 Å². The van der Waals surface area contributed by atoms with Gasteiger partial charge in [-0.15, -0.1) is 11.3 Å². The van der Waals surface area contributed by atoms with Crippen LogP contribution < -0.4 is 0 Å². The number of piperidine rings is 1. The zero-order valence-corrected chi connectivity index (χ0v) is 13.7. The average Bonchev–Trinajstić information content (AvgIpc) is 3.18. The van der Waals surface area contributed by atoms with Crippen molar-refractivity contribution in [3.8, 4) is 0 Å². The summed E-state index contributed by atoms with van der Waals surface area (Å²) >= 11 is 1.79. The molecule has 0 bridgehead atoms. The van der Waals surface area contributed by atoms with E-state index in [2.05, 4.69) is 57.3 Å². The van der Waals surface area contributed by atoms with Gasteiger partial charge in [0.05, 0.1) is 6.04 Å². The molecule has 1 aromatic carbocycles. The lowest BCUT2D eigenvalue weighted by Crippen LogP contribution is -2.32. The van der Waals surface area contributed by atoms with Gasteiger partial charge in [-0.2, -0.15) is 0 Å². The van der Waals surface area contributed by atoms with Gasteiger partial charge < -0.3 is 4.57 Å². The van der Waals surface area contributed by atoms with Crippen LogP contribution in [0, 0.1) is 0 Å². The first kappa shape index (κ1) is 14.0. The minimum absolute atomic E-state index is 0.500. The van der Waals surface area contributed by atoms with Gasteiger partial charge in [0, 0.05) is 36.9 Å². The minimum atomic E-state index is 0.500. The van der Waals surface area contributed by atoms with Crippen LogP contribution >= 0.6 is 11.3 Å². The number of benzene rings is 1. The molecular formula is C18H21N3S. The van der Waals surface area contributed by atoms with Crippen molar-refractivity contribution in [2.45, 2.75) is 31.8 Å². The summed E-state index contributed by atoms with van der Waals surface area (Å²) in [5, 5.41) is 4.71. The van der Waals surface area contributed by atoms with E-state index in [4.69, 9.17) is 0 Å². The third kappa shape index (κ3) is 2.57. The Morgan fingerprint density at radius 3 is 3.09 bits per heavy atom. The Hall–Kier alpha value is -1.65. The highest BCUT2D eigenvalue weighted by molar-refractivity contribution is 7.09. The molecule has 22 heavy (non-hydrogen) atoms. The number of hydrogen-bond acceptors (Lipinski definition) is 3. The third-order valence-electron chi connectivity index (χ3n) is 4.69. The molecule has 0 amide bonds. The van der Waals surface area contributed by atoms with Crippen LogP contribution in [0.5, 0.6) is 0 Å². The van der Waals surface area contributed by atoms with Gasteiger partial charge >= 0.3 is 0 Å². The monoisotopic (exact) mass is 311 g/mol. The SMILES string of the molecule is Cn1ccc2cc(CN3CCCCC3c3nccs3)ccc21. The molecule has 0 radical (unpaired) electrons. The molecule has 4 rings (SSSR count). The van der Waals surface area contributed by atoms with Crippen molar-refractivity contribution < 1.29 is 0 Å². The molecule has 114 valence electrons. The minimum Gasteiger partial charge on any atom is -0.351 e. The first-order chi connectivity index (χ1) is 10.8. The maximum absolute atomic E-state index is 4.56. The predicted octanol–water partition coefficient (Wildman–Crippen LogP) is 4.36. The van der Waals surface area contributed by atoms with Crippen LogP contribution in [0.1, 0.15) is 35.9 Å². The Morgan fingerprint density at radius 2 is 2.23 bits per heavy atom. The second-order valence-electron chi connectivity index (χ2n) is 6.17. The summed E-state index contributed by atoms with van der Waals surface area (Å²) in [6, 6.07) is 9.55. The van der Waals surface area contributed by atoms with Crippen molar-refractivity contribution >= 4 is 22.2 Å². The molecule has 0 saturated carbocycles. The summed E-state index contributed by atoms with van der Waals surface area (Å²) in [5.41, 5.74) is 2.71. The summed E-state index contributed by atoms with van der Waals surface area (Å²) in [6.07, 6.45) is 7.92. The molecule has 1 unspecified atom stereocenters. The summed E-state index contributed by atoms with van der Waals surface area (Å²) in [4.78, 5) is 7.16. The number of rotatable bonds is 3. The second-order valence-corrected chi connectivity index (χ2v) is 7.10. The molecule has 2 aromatic heterocycles. The van der Waals surface area contributed by atoms with E-state index in [9.17, 15) is 0 Å². The summed E-state index contributed by atoms with van der Waals surface area (Å²) in [6.45, 7) is 2.20. The summed E-state index contributed by atoms with van der Waals surface area (Å²) in [7, 11) is 2.10. The highest BCUT2D eigenvalue weighted by atomic mass is 32.1. The van der Waals surface area contributed by atoms with E-state index in [1.807, 2.05) is 6.20 Å². The van der Waals surface area contributed by atoms with Crippen LogP contribution in [0.4, 0.5) is 0 Å². The molecular weight excluding hydrogens is 290 g/mol. The summed E-state index contributed by atoms with van der Waals surface area (Å²) in [5.74, 6) is 0. The Balaban J connectivity index is 1.59. The van der Waals surface area contributed by atoms with Crippen LogP contribution in [0.3, 0.4) is 0 Å². The van der Waals surface area contributed by atoms with Crippen LogP contribution in [0.2, 0.25) is 0 Å². The van der Waals surface area contributed by atoms with E-state index in [0.29, 0.717) is 6.04 Å². The lowest BCUT2D eigenvalue weighted by molar-refractivity contribution is 0.140. The van der Waals surface area contributed by atoms with Gasteiger partial charge in [-0.3, -0.25) is 4.90 Å². The zero-order valence-electron chi connectivity index (χ0n) is 12.9. The number of fused-ring (bicyclic) bond motifs is 1. The summed E-state index contributed by atoms with van der Waals surface area (Å²) < 4.78 is 2.18. The maximum atomic E-state index is 4.56. The number of likely N-dealkylation sites (tertiary alicyclic amines) is 1. The number of aryl methyl sites for hydroxylation is 1. The van der Waals surface area contributed by atoms with Gasteiger partial charge in [0.1, 0.15) is 5.01 Å². The smallest absolute Gasteiger partial charge is 0.110 e. The fourth-order valence-electron chi connectivity index (χ4n) is 3.52. The topological polar surface area (TPSA) is 21.1 Å². The average molecular weight is 311 g/mol. The van der Waals surface area contributed by atoms with E-state index in [1.165, 1.54) is 47.3 Å². The maximum Gasteiger partial charge on any atom is 0.110 e. The van der Waals surface area contributed by atoms with Gasteiger partial charge in [0.25, 0.3) is 0 Å². The van der Waals surface area contributed by atoms with Gasteiger partial charge in [0.2, 0.25) is 0 Å². The number of nitrogens with zero attached hydrogens (tertiary/aromatic N) is 3. The molecule has 3 aromatic rings. The molecule has 1 aliphatic rings. The highest BCUT2D eigenvalue weighted by Gasteiger charge is 2.25. The lowest BCUT2D eigenvalue weighted by Gasteiger charge is -2.34. The Bertz CT molecular complexity index is 760. The molecule has 1 aliphatic heterocycles. The van der Waals surface area contributed by atoms with Gasteiger partial charge in [-0.25, -0.2) is 4.98 Å². The first-order valence-electron chi connectivity index (χ1n) is 7.99.